The van der Waals surface area contributed by atoms with Gasteiger partial charge in [0.2, 0.25) is 17.1 Å². The molecule has 5 rings (SSSR count). The molecule has 0 atom stereocenters. The van der Waals surface area contributed by atoms with Crippen LogP contribution in [0.1, 0.15) is 5.69 Å². The average Bonchev–Trinajstić information content (AvgIpc) is 3.20. The molecule has 0 aliphatic carbocycles. The van der Waals surface area contributed by atoms with Crippen LogP contribution in [0.3, 0.4) is 0 Å². The van der Waals surface area contributed by atoms with Gasteiger partial charge in [0.05, 0.1) is 18.6 Å². The standard InChI is InChI=1S/C24H18N2O8S2/c1-33-20-10-11-21-18(13-20)7-9-19(25(21)35(27,28)29)15-24-26(36(30,31)32)22-14-17(8-12-23(22)34-24)16-5-3-2-4-6-16/h2-15H,1H3,(H-,27,28,29,30,31,32)/p-1. The number of hydrogen-bond donors (Lipinski definition) is 0. The van der Waals surface area contributed by atoms with Gasteiger partial charge in [-0.25, -0.2) is 12.7 Å². The monoisotopic (exact) mass is 525 g/mol. The molecule has 3 aromatic carbocycles. The third-order valence-electron chi connectivity index (χ3n) is 5.54. The number of hydrogen-bond acceptors (Lipinski definition) is 8. The molecule has 10 nitrogen and oxygen atoms in total. The van der Waals surface area contributed by atoms with Crippen LogP contribution < -0.4 is 17.8 Å². The summed E-state index contributed by atoms with van der Waals surface area (Å²) in [4.78, 5) is 0. The molecule has 0 spiro atoms. The van der Waals surface area contributed by atoms with E-state index in [9.17, 15) is 25.9 Å². The Labute approximate surface area is 207 Å². The molecule has 0 amide bonds. The number of anilines is 1. The van der Waals surface area contributed by atoms with Crippen LogP contribution in [0.25, 0.3) is 28.1 Å². The summed E-state index contributed by atoms with van der Waals surface area (Å²) in [5.41, 5.74) is 1.17. The first-order valence-electron chi connectivity index (χ1n) is 10.4. The topological polar surface area (TPSA) is 140 Å². The minimum Gasteiger partial charge on any atom is -0.730 e. The van der Waals surface area contributed by atoms with Crippen molar-refractivity contribution in [1.29, 1.82) is 0 Å². The van der Waals surface area contributed by atoms with Gasteiger partial charge in [0, 0.05) is 12.1 Å². The molecule has 0 bridgehead atoms. The van der Waals surface area contributed by atoms with E-state index in [0.29, 0.717) is 25.0 Å². The number of nitrogens with zero attached hydrogens (tertiary/aromatic N) is 2. The Morgan fingerprint density at radius 2 is 1.64 bits per heavy atom. The first kappa shape index (κ1) is 23.8. The zero-order valence-electron chi connectivity index (χ0n) is 18.6. The Bertz CT molecular complexity index is 1750. The molecule has 12 heteroatoms. The summed E-state index contributed by atoms with van der Waals surface area (Å²) in [5, 5.41) is 0.382. The van der Waals surface area contributed by atoms with Gasteiger partial charge in [0.15, 0.2) is 16.1 Å². The van der Waals surface area contributed by atoms with Gasteiger partial charge < -0.3 is 18.6 Å². The van der Waals surface area contributed by atoms with Crippen molar-refractivity contribution in [3.05, 3.63) is 90.4 Å². The fourth-order valence-electron chi connectivity index (χ4n) is 4.01. The fourth-order valence-corrected chi connectivity index (χ4v) is 5.48. The van der Waals surface area contributed by atoms with E-state index in [2.05, 4.69) is 0 Å². The Morgan fingerprint density at radius 3 is 2.31 bits per heavy atom. The summed E-state index contributed by atoms with van der Waals surface area (Å²) in [5.74, 6) is 0.0359. The highest BCUT2D eigenvalue weighted by Crippen LogP contribution is 2.43. The quantitative estimate of drug-likeness (QED) is 0.286. The molecule has 0 unspecified atom stereocenters. The molecule has 0 N–H and O–H groups in total. The van der Waals surface area contributed by atoms with Crippen LogP contribution in [0.4, 0.5) is 5.69 Å². The van der Waals surface area contributed by atoms with Crippen molar-refractivity contribution in [2.24, 2.45) is 0 Å². The number of fused-ring (bicyclic) bond motifs is 2. The highest BCUT2D eigenvalue weighted by Gasteiger charge is 2.33. The fraction of sp³-hybridized carbons (Fsp3) is 0.0417. The average molecular weight is 526 g/mol. The lowest BCUT2D eigenvalue weighted by atomic mass is 10.1. The van der Waals surface area contributed by atoms with Crippen LogP contribution in [0.5, 0.6) is 11.5 Å². The molecule has 2 heterocycles. The number of methoxy groups -OCH3 is 1. The lowest BCUT2D eigenvalue weighted by Gasteiger charge is -2.21. The first-order valence-corrected chi connectivity index (χ1v) is 13.1. The highest BCUT2D eigenvalue weighted by molar-refractivity contribution is 7.87. The molecule has 1 aromatic heterocycles. The predicted molar refractivity (Wildman–Crippen MR) is 128 cm³/mol. The van der Waals surface area contributed by atoms with Gasteiger partial charge in [0.1, 0.15) is 11.4 Å². The molecule has 36 heavy (non-hydrogen) atoms. The maximum Gasteiger partial charge on any atom is 0.330 e. The van der Waals surface area contributed by atoms with E-state index in [-0.39, 0.29) is 22.6 Å². The molecule has 0 radical (unpaired) electrons. The van der Waals surface area contributed by atoms with Gasteiger partial charge in [-0.15, -0.1) is 0 Å². The second-order valence-corrected chi connectivity index (χ2v) is 10.2. The van der Waals surface area contributed by atoms with Crippen molar-refractivity contribution in [3.8, 4) is 22.6 Å². The smallest absolute Gasteiger partial charge is 0.330 e. The number of benzene rings is 3. The van der Waals surface area contributed by atoms with Crippen molar-refractivity contribution in [3.63, 3.8) is 0 Å². The van der Waals surface area contributed by atoms with E-state index in [1.165, 1.54) is 49.6 Å². The third kappa shape index (κ3) is 4.27. The van der Waals surface area contributed by atoms with E-state index in [1.807, 2.05) is 30.3 Å². The van der Waals surface area contributed by atoms with Gasteiger partial charge in [-0.3, -0.25) is 0 Å². The minimum absolute atomic E-state index is 0.0264. The highest BCUT2D eigenvalue weighted by atomic mass is 32.2. The van der Waals surface area contributed by atoms with Gasteiger partial charge in [-0.2, -0.15) is 8.42 Å². The van der Waals surface area contributed by atoms with Crippen molar-refractivity contribution in [2.45, 2.75) is 0 Å². The Hall–Kier alpha value is -3.97. The van der Waals surface area contributed by atoms with Crippen LogP contribution in [-0.4, -0.2) is 33.1 Å². The van der Waals surface area contributed by atoms with Gasteiger partial charge >= 0.3 is 10.3 Å². The number of aromatic nitrogens is 1. The van der Waals surface area contributed by atoms with Gasteiger partial charge in [0.25, 0.3) is 0 Å². The van der Waals surface area contributed by atoms with Crippen molar-refractivity contribution < 1.29 is 39.4 Å². The third-order valence-corrected chi connectivity index (χ3v) is 7.22. The molecule has 184 valence electrons. The van der Waals surface area contributed by atoms with Crippen LogP contribution in [0, 0.1) is 0 Å². The summed E-state index contributed by atoms with van der Waals surface area (Å²) in [6.45, 7) is 0. The maximum absolute atomic E-state index is 12.3. The second kappa shape index (κ2) is 8.60. The zero-order chi connectivity index (χ0) is 25.7. The predicted octanol–water partition coefficient (Wildman–Crippen LogP) is 2.77. The lowest BCUT2D eigenvalue weighted by Crippen LogP contribution is -2.46. The zero-order valence-corrected chi connectivity index (χ0v) is 20.2. The van der Waals surface area contributed by atoms with E-state index in [0.717, 1.165) is 11.6 Å². The van der Waals surface area contributed by atoms with Crippen LogP contribution in [-0.2, 0) is 20.6 Å². The Morgan fingerprint density at radius 1 is 0.889 bits per heavy atom. The number of pyridine rings is 1. The van der Waals surface area contributed by atoms with Crippen LogP contribution in [0.15, 0.2) is 84.7 Å². The summed E-state index contributed by atoms with van der Waals surface area (Å²) in [7, 11) is -8.81. The summed E-state index contributed by atoms with van der Waals surface area (Å²) in [6, 6.07) is 21.0. The first-order chi connectivity index (χ1) is 17.1. The largest absolute Gasteiger partial charge is 0.730 e. The van der Waals surface area contributed by atoms with Crippen molar-refractivity contribution >= 4 is 43.3 Å². The Kier molecular flexibility index (Phi) is 5.68. The molecule has 1 aliphatic heterocycles. The molecule has 4 aromatic rings. The molecule has 0 saturated heterocycles. The molecular formula is C24H17N2O8S2-. The summed E-state index contributed by atoms with van der Waals surface area (Å²) in [6.07, 6.45) is 1.01. The second-order valence-electron chi connectivity index (χ2n) is 7.76. The normalized spacial score (nSPS) is 14.6. The van der Waals surface area contributed by atoms with Crippen molar-refractivity contribution in [1.82, 2.24) is 0 Å². The molecule has 0 saturated carbocycles. The Balaban J connectivity index is 1.69. The minimum atomic E-state index is -5.15. The van der Waals surface area contributed by atoms with E-state index in [1.54, 1.807) is 6.07 Å². The molecule has 1 aliphatic rings. The van der Waals surface area contributed by atoms with Crippen LogP contribution >= 0.6 is 0 Å². The maximum atomic E-state index is 12.3. The summed E-state index contributed by atoms with van der Waals surface area (Å²) >= 11 is 0. The van der Waals surface area contributed by atoms with Crippen LogP contribution in [0.2, 0.25) is 0 Å². The molecule has 0 fully saturated rings. The number of ether oxygens (including phenoxy) is 2. The lowest BCUT2D eigenvalue weighted by molar-refractivity contribution is -0.492. The molecular weight excluding hydrogens is 508 g/mol. The van der Waals surface area contributed by atoms with Gasteiger partial charge in [-0.05, 0) is 41.5 Å². The summed E-state index contributed by atoms with van der Waals surface area (Å²) < 4.78 is 85.1. The van der Waals surface area contributed by atoms with Crippen molar-refractivity contribution in [2.75, 3.05) is 11.4 Å². The van der Waals surface area contributed by atoms with Gasteiger partial charge in [-0.1, -0.05) is 40.4 Å². The van der Waals surface area contributed by atoms with E-state index in [4.69, 9.17) is 9.47 Å². The number of rotatable bonds is 5. The van der Waals surface area contributed by atoms with E-state index >= 15 is 0 Å². The van der Waals surface area contributed by atoms with E-state index < -0.39 is 26.5 Å². The SMILES string of the molecule is COc1ccc2c(ccc(/C=C3\Oc4ccc(-c5ccccc5)cc4N3S(=O)(=O)[O-])[n+]2S(=O)(=O)[O-])c1.